The molecule has 0 saturated carbocycles. The number of aromatic nitrogens is 3. The molecule has 4 heterocycles. The first-order chi connectivity index (χ1) is 18.7. The summed E-state index contributed by atoms with van der Waals surface area (Å²) in [6.07, 6.45) is 9.51. The van der Waals surface area contributed by atoms with Gasteiger partial charge >= 0.3 is 0 Å². The lowest BCUT2D eigenvalue weighted by Crippen LogP contribution is -2.44. The Morgan fingerprint density at radius 1 is 0.816 bits per heavy atom. The molecular weight excluding hydrogens is 470 g/mol. The zero-order chi connectivity index (χ0) is 25.5. The Kier molecular flexibility index (Phi) is 6.17. The van der Waals surface area contributed by atoms with Crippen molar-refractivity contribution >= 4 is 16.7 Å². The molecule has 0 amide bonds. The summed E-state index contributed by atoms with van der Waals surface area (Å²) in [5.41, 5.74) is 9.93. The smallest absolute Gasteiger partial charge is 0.181 e. The van der Waals surface area contributed by atoms with Gasteiger partial charge in [0.25, 0.3) is 0 Å². The van der Waals surface area contributed by atoms with Crippen LogP contribution < -0.4 is 4.90 Å². The number of aryl methyl sites for hydroxylation is 2. The maximum Gasteiger partial charge on any atom is 0.181 e. The van der Waals surface area contributed by atoms with Crippen molar-refractivity contribution in [2.45, 2.75) is 51.0 Å². The van der Waals surface area contributed by atoms with Crippen molar-refractivity contribution in [1.82, 2.24) is 20.1 Å². The van der Waals surface area contributed by atoms with Gasteiger partial charge in [-0.05, 0) is 93.4 Å². The van der Waals surface area contributed by atoms with Gasteiger partial charge in [0.1, 0.15) is 0 Å². The van der Waals surface area contributed by atoms with E-state index < -0.39 is 0 Å². The van der Waals surface area contributed by atoms with E-state index in [1.165, 1.54) is 67.6 Å². The van der Waals surface area contributed by atoms with Crippen LogP contribution in [-0.4, -0.2) is 65.0 Å². The topological polar surface area (TPSA) is 57.3 Å². The Morgan fingerprint density at radius 3 is 2.34 bits per heavy atom. The molecule has 2 aromatic carbocycles. The monoisotopic (exact) mass is 507 g/mol. The average molecular weight is 508 g/mol. The molecule has 2 fully saturated rings. The molecule has 2 aromatic heterocycles. The quantitative estimate of drug-likeness (QED) is 0.351. The molecule has 6 nitrogen and oxygen atoms in total. The number of nitrogens with one attached hydrogen (secondary N) is 1. The van der Waals surface area contributed by atoms with E-state index in [1.807, 2.05) is 6.20 Å². The molecule has 1 N–H and O–H groups in total. The number of hydrogen-bond donors (Lipinski definition) is 1. The maximum atomic E-state index is 5.50. The summed E-state index contributed by atoms with van der Waals surface area (Å²) in [4.78, 5) is 9.86. The van der Waals surface area contributed by atoms with Gasteiger partial charge in [-0.15, -0.1) is 0 Å². The number of fused-ring (bicyclic) bond motifs is 2. The van der Waals surface area contributed by atoms with Crippen LogP contribution in [0.3, 0.4) is 0 Å². The van der Waals surface area contributed by atoms with E-state index in [0.29, 0.717) is 5.54 Å². The molecule has 1 aliphatic carbocycles. The van der Waals surface area contributed by atoms with Gasteiger partial charge in [0, 0.05) is 47.0 Å². The van der Waals surface area contributed by atoms with Crippen LogP contribution in [0.25, 0.3) is 33.4 Å². The van der Waals surface area contributed by atoms with Gasteiger partial charge in [-0.2, -0.15) is 5.10 Å². The zero-order valence-electron chi connectivity index (χ0n) is 22.4. The van der Waals surface area contributed by atoms with Gasteiger partial charge in [0.2, 0.25) is 0 Å². The summed E-state index contributed by atoms with van der Waals surface area (Å²) in [5, 5.41) is 8.83. The second-order valence-electron chi connectivity index (χ2n) is 11.5. The van der Waals surface area contributed by atoms with Gasteiger partial charge in [-0.1, -0.05) is 30.3 Å². The van der Waals surface area contributed by atoms with Crippen molar-refractivity contribution in [3.63, 3.8) is 0 Å². The number of morpholine rings is 1. The van der Waals surface area contributed by atoms with Crippen molar-refractivity contribution < 1.29 is 4.74 Å². The standard InChI is InChI=1S/C32H37N5O/c1-32(37-14-2-3-15-37)12-10-23-4-5-25(20-26(23)11-13-32)27-21-29-30(34-35-31(29)33-22-27)24-6-8-28(9-7-24)36-16-18-38-19-17-36/h4-9,20-22H,2-3,10-19H2,1H3,(H,33,34,35). The first-order valence-electron chi connectivity index (χ1n) is 14.3. The second-order valence-corrected chi connectivity index (χ2v) is 11.5. The van der Waals surface area contributed by atoms with Crippen LogP contribution >= 0.6 is 0 Å². The minimum Gasteiger partial charge on any atom is -0.378 e. The normalized spacial score (nSPS) is 22.5. The van der Waals surface area contributed by atoms with Crippen molar-refractivity contribution in [2.75, 3.05) is 44.3 Å². The third-order valence-electron chi connectivity index (χ3n) is 9.22. The molecule has 3 aliphatic rings. The summed E-state index contributed by atoms with van der Waals surface area (Å²) in [7, 11) is 0. The van der Waals surface area contributed by atoms with Crippen LogP contribution in [0.2, 0.25) is 0 Å². The number of anilines is 1. The third kappa shape index (κ3) is 4.40. The van der Waals surface area contributed by atoms with E-state index in [-0.39, 0.29) is 0 Å². The predicted molar refractivity (Wildman–Crippen MR) is 154 cm³/mol. The minimum absolute atomic E-state index is 0.333. The molecule has 196 valence electrons. The molecule has 0 radical (unpaired) electrons. The summed E-state index contributed by atoms with van der Waals surface area (Å²) >= 11 is 0. The SMILES string of the molecule is CC1(N2CCCC2)CCc2ccc(-c3cnc4n[nH]c(-c5ccc(N6CCOCC6)cc5)c4c3)cc2CC1. The molecule has 0 spiro atoms. The van der Waals surface area contributed by atoms with Crippen LogP contribution in [0, 0.1) is 0 Å². The Hall–Kier alpha value is -3.22. The third-order valence-corrected chi connectivity index (χ3v) is 9.22. The summed E-state index contributed by atoms with van der Waals surface area (Å²) in [6.45, 7) is 8.51. The van der Waals surface area contributed by atoms with E-state index >= 15 is 0 Å². The van der Waals surface area contributed by atoms with Crippen LogP contribution in [0.1, 0.15) is 43.7 Å². The van der Waals surface area contributed by atoms with Crippen molar-refractivity contribution in [3.8, 4) is 22.4 Å². The van der Waals surface area contributed by atoms with Crippen LogP contribution in [0.15, 0.2) is 54.7 Å². The highest BCUT2D eigenvalue weighted by molar-refractivity contribution is 5.93. The van der Waals surface area contributed by atoms with Gasteiger partial charge in [-0.3, -0.25) is 10.00 Å². The molecule has 1 atom stereocenters. The molecule has 38 heavy (non-hydrogen) atoms. The molecular formula is C32H37N5O. The van der Waals surface area contributed by atoms with Gasteiger partial charge in [0.05, 0.1) is 18.9 Å². The summed E-state index contributed by atoms with van der Waals surface area (Å²) < 4.78 is 5.50. The van der Waals surface area contributed by atoms with E-state index in [4.69, 9.17) is 9.72 Å². The van der Waals surface area contributed by atoms with Crippen molar-refractivity contribution in [1.29, 1.82) is 0 Å². The highest BCUT2D eigenvalue weighted by Crippen LogP contribution is 2.36. The lowest BCUT2D eigenvalue weighted by Gasteiger charge is -2.38. The lowest BCUT2D eigenvalue weighted by molar-refractivity contribution is 0.118. The van der Waals surface area contributed by atoms with Crippen LogP contribution in [-0.2, 0) is 17.6 Å². The second kappa shape index (κ2) is 9.83. The van der Waals surface area contributed by atoms with Crippen LogP contribution in [0.4, 0.5) is 5.69 Å². The Labute approximate surface area is 225 Å². The van der Waals surface area contributed by atoms with Gasteiger partial charge in [0.15, 0.2) is 5.65 Å². The first kappa shape index (κ1) is 23.9. The number of nitrogens with zero attached hydrogens (tertiary/aromatic N) is 4. The van der Waals surface area contributed by atoms with Crippen LogP contribution in [0.5, 0.6) is 0 Å². The number of hydrogen-bond acceptors (Lipinski definition) is 5. The molecule has 6 heteroatoms. The molecule has 1 unspecified atom stereocenters. The fraction of sp³-hybridized carbons (Fsp3) is 0.438. The number of aromatic amines is 1. The minimum atomic E-state index is 0.333. The number of ether oxygens (including phenoxy) is 1. The number of likely N-dealkylation sites (tertiary alicyclic amines) is 1. The average Bonchev–Trinajstić information content (AvgIpc) is 3.63. The maximum absolute atomic E-state index is 5.50. The molecule has 7 rings (SSSR count). The number of pyridine rings is 1. The lowest BCUT2D eigenvalue weighted by atomic mass is 9.90. The van der Waals surface area contributed by atoms with Gasteiger partial charge < -0.3 is 9.64 Å². The zero-order valence-corrected chi connectivity index (χ0v) is 22.4. The first-order valence-corrected chi connectivity index (χ1v) is 14.3. The fourth-order valence-electron chi connectivity index (χ4n) is 6.73. The molecule has 4 aromatic rings. The van der Waals surface area contributed by atoms with E-state index in [1.54, 1.807) is 0 Å². The van der Waals surface area contributed by atoms with E-state index in [0.717, 1.165) is 60.6 Å². The van der Waals surface area contributed by atoms with E-state index in [2.05, 4.69) is 75.5 Å². The Morgan fingerprint density at radius 2 is 1.55 bits per heavy atom. The number of benzene rings is 2. The summed E-state index contributed by atoms with van der Waals surface area (Å²) in [5.74, 6) is 0. The van der Waals surface area contributed by atoms with Gasteiger partial charge in [-0.25, -0.2) is 4.98 Å². The highest BCUT2D eigenvalue weighted by Gasteiger charge is 2.34. The van der Waals surface area contributed by atoms with E-state index in [9.17, 15) is 0 Å². The van der Waals surface area contributed by atoms with Crippen molar-refractivity contribution in [3.05, 3.63) is 65.9 Å². The molecule has 2 saturated heterocycles. The Bertz CT molecular complexity index is 1430. The Balaban J connectivity index is 1.16. The predicted octanol–water partition coefficient (Wildman–Crippen LogP) is 5.86. The highest BCUT2D eigenvalue weighted by atomic mass is 16.5. The molecule has 0 bridgehead atoms. The van der Waals surface area contributed by atoms with Crippen molar-refractivity contribution in [2.24, 2.45) is 0 Å². The fourth-order valence-corrected chi connectivity index (χ4v) is 6.73. The largest absolute Gasteiger partial charge is 0.378 e. The summed E-state index contributed by atoms with van der Waals surface area (Å²) in [6, 6.07) is 18.1. The number of H-pyrrole nitrogens is 1. The number of rotatable bonds is 4. The molecule has 2 aliphatic heterocycles.